The Balaban J connectivity index is 1.47. The van der Waals surface area contributed by atoms with Crippen LogP contribution in [0, 0.1) is 11.2 Å². The predicted molar refractivity (Wildman–Crippen MR) is 109 cm³/mol. The van der Waals surface area contributed by atoms with Gasteiger partial charge in [0.15, 0.2) is 11.6 Å². The summed E-state index contributed by atoms with van der Waals surface area (Å²) < 4.78 is 40.2. The summed E-state index contributed by atoms with van der Waals surface area (Å²) in [5.41, 5.74) is -0.954. The first-order valence-electron chi connectivity index (χ1n) is 10.1. The zero-order chi connectivity index (χ0) is 22.8. The molecular weight excluding hydrogens is 447 g/mol. The highest BCUT2D eigenvalue weighted by Crippen LogP contribution is 2.70. The molecule has 10 heteroatoms. The standard InChI is InChI=1S/C22H19ClF3N3O3/c23-14-5-15(24)19(27-6-14)29-8-16(30)28(7-12-1-3-13(4-2-12)18(25)26)17(20(29)31)21-9-22(32,10-21)11-21/h1-6,17-18,32H,7-11H2/t17-,21?,22?/m0/s1. The maximum atomic E-state index is 14.5. The molecule has 1 aromatic heterocycles. The average Bonchev–Trinajstić information content (AvgIpc) is 2.69. The summed E-state index contributed by atoms with van der Waals surface area (Å²) in [6.45, 7) is -0.361. The van der Waals surface area contributed by atoms with E-state index in [1.165, 1.54) is 35.4 Å². The van der Waals surface area contributed by atoms with Gasteiger partial charge in [-0.3, -0.25) is 14.5 Å². The van der Waals surface area contributed by atoms with Crippen LogP contribution in [-0.4, -0.2) is 45.0 Å². The third-order valence-electron chi connectivity index (χ3n) is 6.68. The number of alkyl halides is 2. The fourth-order valence-corrected chi connectivity index (χ4v) is 5.50. The quantitative estimate of drug-likeness (QED) is 0.734. The smallest absolute Gasteiger partial charge is 0.263 e. The number of carbonyl (C=O) groups excluding carboxylic acids is 2. The molecule has 3 saturated carbocycles. The third-order valence-corrected chi connectivity index (χ3v) is 6.88. The molecule has 1 N–H and O–H groups in total. The van der Waals surface area contributed by atoms with Gasteiger partial charge in [-0.1, -0.05) is 35.9 Å². The number of amides is 2. The van der Waals surface area contributed by atoms with Gasteiger partial charge >= 0.3 is 0 Å². The molecular formula is C22H19ClF3N3O3. The number of carbonyl (C=O) groups is 2. The number of anilines is 1. The van der Waals surface area contributed by atoms with E-state index in [0.717, 1.165) is 11.0 Å². The van der Waals surface area contributed by atoms with Gasteiger partial charge in [0, 0.05) is 23.7 Å². The second-order valence-corrected chi connectivity index (χ2v) is 9.40. The minimum Gasteiger partial charge on any atom is -0.390 e. The Morgan fingerprint density at radius 1 is 1.19 bits per heavy atom. The summed E-state index contributed by atoms with van der Waals surface area (Å²) in [6.07, 6.45) is -0.293. The molecule has 168 valence electrons. The van der Waals surface area contributed by atoms with E-state index in [1.807, 2.05) is 0 Å². The number of rotatable bonds is 5. The van der Waals surface area contributed by atoms with Gasteiger partial charge in [0.05, 0.1) is 10.6 Å². The minimum atomic E-state index is -2.60. The second kappa shape index (κ2) is 7.18. The van der Waals surface area contributed by atoms with Crippen molar-refractivity contribution in [3.63, 3.8) is 0 Å². The van der Waals surface area contributed by atoms with E-state index in [1.54, 1.807) is 0 Å². The lowest BCUT2D eigenvalue weighted by Gasteiger charge is -2.71. The number of aromatic nitrogens is 1. The molecule has 1 saturated heterocycles. The zero-order valence-electron chi connectivity index (χ0n) is 16.8. The predicted octanol–water partition coefficient (Wildman–Crippen LogP) is 3.47. The highest BCUT2D eigenvalue weighted by Gasteiger charge is 2.73. The van der Waals surface area contributed by atoms with Crippen LogP contribution < -0.4 is 4.90 Å². The number of nitrogens with zero attached hydrogens (tertiary/aromatic N) is 3. The molecule has 0 spiro atoms. The normalized spacial score (nSPS) is 29.2. The van der Waals surface area contributed by atoms with E-state index in [9.17, 15) is 27.9 Å². The Labute approximate surface area is 186 Å². The van der Waals surface area contributed by atoms with Crippen molar-refractivity contribution in [1.29, 1.82) is 0 Å². The molecule has 2 aromatic rings. The van der Waals surface area contributed by atoms with Crippen molar-refractivity contribution in [2.45, 2.75) is 43.9 Å². The fraction of sp³-hybridized carbons (Fsp3) is 0.409. The van der Waals surface area contributed by atoms with Gasteiger partial charge in [-0.2, -0.15) is 0 Å². The van der Waals surface area contributed by atoms with Gasteiger partial charge < -0.3 is 10.0 Å². The van der Waals surface area contributed by atoms with E-state index >= 15 is 0 Å². The van der Waals surface area contributed by atoms with E-state index in [-0.39, 0.29) is 22.9 Å². The van der Waals surface area contributed by atoms with Gasteiger partial charge in [-0.15, -0.1) is 0 Å². The maximum Gasteiger partial charge on any atom is 0.263 e. The second-order valence-electron chi connectivity index (χ2n) is 8.97. The Morgan fingerprint density at radius 3 is 2.41 bits per heavy atom. The molecule has 2 heterocycles. The molecule has 0 radical (unpaired) electrons. The number of aliphatic hydroxyl groups is 1. The van der Waals surface area contributed by atoms with Crippen LogP contribution in [0.5, 0.6) is 0 Å². The van der Waals surface area contributed by atoms with Crippen molar-refractivity contribution in [3.8, 4) is 0 Å². The summed E-state index contributed by atoms with van der Waals surface area (Å²) in [6, 6.07) is 5.68. The SMILES string of the molecule is O=C1[C@@H](C23CC(O)(C2)C3)N(Cc2ccc(C(F)F)cc2)C(=O)CN1c1ncc(Cl)cc1F. The topological polar surface area (TPSA) is 73.7 Å². The number of piperazine rings is 1. The van der Waals surface area contributed by atoms with Gasteiger partial charge in [0.2, 0.25) is 5.91 Å². The van der Waals surface area contributed by atoms with Crippen LogP contribution in [0.3, 0.4) is 0 Å². The molecule has 1 atom stereocenters. The summed E-state index contributed by atoms with van der Waals surface area (Å²) in [5.74, 6) is -1.99. The molecule has 4 aliphatic rings. The molecule has 6 rings (SSSR count). The van der Waals surface area contributed by atoms with Gasteiger partial charge in [-0.25, -0.2) is 18.2 Å². The van der Waals surface area contributed by atoms with Crippen LogP contribution in [0.4, 0.5) is 19.0 Å². The van der Waals surface area contributed by atoms with Crippen molar-refractivity contribution in [3.05, 3.63) is 58.5 Å². The molecule has 1 aliphatic heterocycles. The Bertz CT molecular complexity index is 1090. The van der Waals surface area contributed by atoms with Crippen LogP contribution in [0.1, 0.15) is 36.8 Å². The molecule has 1 aromatic carbocycles. The van der Waals surface area contributed by atoms with Crippen LogP contribution in [0.15, 0.2) is 36.5 Å². The summed E-state index contributed by atoms with van der Waals surface area (Å²) >= 11 is 5.76. The lowest BCUT2D eigenvalue weighted by atomic mass is 9.38. The lowest BCUT2D eigenvalue weighted by Crippen LogP contribution is -2.78. The highest BCUT2D eigenvalue weighted by atomic mass is 35.5. The van der Waals surface area contributed by atoms with Gasteiger partial charge in [0.1, 0.15) is 12.6 Å². The van der Waals surface area contributed by atoms with E-state index in [0.29, 0.717) is 24.8 Å². The lowest BCUT2D eigenvalue weighted by molar-refractivity contribution is -0.280. The maximum absolute atomic E-state index is 14.5. The molecule has 4 fully saturated rings. The number of pyridine rings is 1. The van der Waals surface area contributed by atoms with Gasteiger partial charge in [-0.05, 0) is 30.9 Å². The monoisotopic (exact) mass is 465 g/mol. The Hall–Kier alpha value is -2.65. The first kappa shape index (κ1) is 21.2. The van der Waals surface area contributed by atoms with Crippen LogP contribution >= 0.6 is 11.6 Å². The third kappa shape index (κ3) is 3.26. The average molecular weight is 466 g/mol. The summed E-state index contributed by atoms with van der Waals surface area (Å²) in [5, 5.41) is 10.3. The Kier molecular flexibility index (Phi) is 4.76. The van der Waals surface area contributed by atoms with E-state index in [4.69, 9.17) is 11.6 Å². The zero-order valence-corrected chi connectivity index (χ0v) is 17.5. The Morgan fingerprint density at radius 2 is 1.84 bits per heavy atom. The van der Waals surface area contributed by atoms with Crippen LogP contribution in [0.2, 0.25) is 5.02 Å². The molecule has 3 aliphatic carbocycles. The van der Waals surface area contributed by atoms with Crippen molar-refractivity contribution < 1.29 is 27.9 Å². The van der Waals surface area contributed by atoms with E-state index < -0.39 is 47.7 Å². The molecule has 6 nitrogen and oxygen atoms in total. The number of hydrogen-bond donors (Lipinski definition) is 1. The van der Waals surface area contributed by atoms with E-state index in [2.05, 4.69) is 4.98 Å². The first-order chi connectivity index (χ1) is 15.1. The van der Waals surface area contributed by atoms with Crippen LogP contribution in [-0.2, 0) is 16.1 Å². The van der Waals surface area contributed by atoms with Crippen molar-refractivity contribution >= 4 is 29.2 Å². The van der Waals surface area contributed by atoms with Crippen molar-refractivity contribution in [1.82, 2.24) is 9.88 Å². The van der Waals surface area contributed by atoms with Gasteiger partial charge in [0.25, 0.3) is 12.3 Å². The molecule has 2 bridgehead atoms. The number of benzene rings is 1. The number of hydrogen-bond acceptors (Lipinski definition) is 4. The van der Waals surface area contributed by atoms with Crippen molar-refractivity contribution in [2.75, 3.05) is 11.4 Å². The largest absolute Gasteiger partial charge is 0.390 e. The summed E-state index contributed by atoms with van der Waals surface area (Å²) in [7, 11) is 0. The highest BCUT2D eigenvalue weighted by molar-refractivity contribution is 6.30. The molecule has 2 amide bonds. The van der Waals surface area contributed by atoms with Crippen LogP contribution in [0.25, 0.3) is 0 Å². The summed E-state index contributed by atoms with van der Waals surface area (Å²) in [4.78, 5) is 33.0. The first-order valence-corrected chi connectivity index (χ1v) is 10.5. The fourth-order valence-electron chi connectivity index (χ4n) is 5.35. The van der Waals surface area contributed by atoms with Crippen molar-refractivity contribution in [2.24, 2.45) is 5.41 Å². The minimum absolute atomic E-state index is 0.0449. The number of halogens is 4. The molecule has 32 heavy (non-hydrogen) atoms. The molecule has 0 unspecified atom stereocenters.